The zero-order valence-electron chi connectivity index (χ0n) is 42.5. The highest BCUT2D eigenvalue weighted by Crippen LogP contribution is 2.62. The number of fused-ring (bicyclic) bond motifs is 24. The van der Waals surface area contributed by atoms with Gasteiger partial charge in [0, 0.05) is 33.0 Å². The maximum absolute atomic E-state index is 2.58. The van der Waals surface area contributed by atoms with E-state index in [0.717, 1.165) is 0 Å². The van der Waals surface area contributed by atoms with Gasteiger partial charge in [0.05, 0.1) is 22.7 Å². The van der Waals surface area contributed by atoms with Crippen LogP contribution >= 0.6 is 0 Å². The SMILES string of the molecule is CC1(C)c2ccccc2N2c3ccc4c5c6cc(ccc6c(c4c3)-c3ccc4c(c3)C(C)(c3ccc1c2c3)c1ccccc1-4)N1c2ccccc2C(C)(C)c2ccc(cc21)C1(C)c2ccccc2-c2ccc-5cc21. The molecule has 6 aliphatic rings. The van der Waals surface area contributed by atoms with Gasteiger partial charge in [-0.05, 0) is 196 Å². The van der Waals surface area contributed by atoms with Crippen LogP contribution in [-0.2, 0) is 21.7 Å². The molecular formula is C72H52N2. The van der Waals surface area contributed by atoms with Crippen molar-refractivity contribution in [3.8, 4) is 44.5 Å². The van der Waals surface area contributed by atoms with Crippen molar-refractivity contribution in [1.29, 1.82) is 0 Å². The van der Waals surface area contributed by atoms with Gasteiger partial charge in [0.15, 0.2) is 0 Å². The van der Waals surface area contributed by atoms with Gasteiger partial charge in [-0.25, -0.2) is 0 Å². The third kappa shape index (κ3) is 4.72. The molecule has 0 N–H and O–H groups in total. The molecule has 0 saturated carbocycles. The Labute approximate surface area is 432 Å². The van der Waals surface area contributed by atoms with Gasteiger partial charge in [0.25, 0.3) is 0 Å². The number of benzene rings is 11. The van der Waals surface area contributed by atoms with Gasteiger partial charge in [0.1, 0.15) is 0 Å². The average Bonchev–Trinajstić information content (AvgIpc) is 3.85. The van der Waals surface area contributed by atoms with Crippen LogP contribution in [-0.4, -0.2) is 0 Å². The lowest BCUT2D eigenvalue weighted by molar-refractivity contribution is 0.629. The second-order valence-electron chi connectivity index (χ2n) is 23.5. The monoisotopic (exact) mass is 944 g/mol. The molecule has 0 fully saturated rings. The van der Waals surface area contributed by atoms with Gasteiger partial charge < -0.3 is 9.80 Å². The number of nitrogens with zero attached hydrogens (tertiary/aromatic N) is 2. The summed E-state index contributed by atoms with van der Waals surface area (Å²) in [6, 6.07) is 81.1. The third-order valence-corrected chi connectivity index (χ3v) is 19.4. The zero-order chi connectivity index (χ0) is 49.4. The molecule has 0 spiro atoms. The predicted octanol–water partition coefficient (Wildman–Crippen LogP) is 18.8. The molecule has 2 heteroatoms. The van der Waals surface area contributed by atoms with Gasteiger partial charge >= 0.3 is 0 Å². The van der Waals surface area contributed by atoms with Crippen molar-refractivity contribution in [3.05, 3.63) is 262 Å². The third-order valence-electron chi connectivity index (χ3n) is 19.4. The fourth-order valence-electron chi connectivity index (χ4n) is 15.6. The minimum Gasteiger partial charge on any atom is -0.310 e. The maximum Gasteiger partial charge on any atom is 0.0505 e. The van der Waals surface area contributed by atoms with Crippen LogP contribution in [0.25, 0.3) is 66.1 Å². The summed E-state index contributed by atoms with van der Waals surface area (Å²) in [5.41, 5.74) is 29.8. The van der Waals surface area contributed by atoms with Crippen LogP contribution in [0.2, 0.25) is 0 Å². The van der Waals surface area contributed by atoms with Crippen molar-refractivity contribution in [1.82, 2.24) is 0 Å². The van der Waals surface area contributed by atoms with Crippen molar-refractivity contribution < 1.29 is 0 Å². The van der Waals surface area contributed by atoms with Crippen LogP contribution in [0.5, 0.6) is 0 Å². The Bertz CT molecular complexity index is 4150. The Balaban J connectivity index is 1.05. The lowest BCUT2D eigenvalue weighted by atomic mass is 9.69. The Kier molecular flexibility index (Phi) is 7.43. The van der Waals surface area contributed by atoms with Crippen molar-refractivity contribution in [2.75, 3.05) is 9.80 Å². The highest BCUT2D eigenvalue weighted by atomic mass is 15.2. The number of rotatable bonds is 0. The second kappa shape index (κ2) is 13.4. The van der Waals surface area contributed by atoms with E-state index in [-0.39, 0.29) is 10.8 Å². The molecule has 2 unspecified atom stereocenters. The molecule has 0 radical (unpaired) electrons. The van der Waals surface area contributed by atoms with E-state index >= 15 is 0 Å². The molecule has 2 atom stereocenters. The lowest BCUT2D eigenvalue weighted by Gasteiger charge is -2.43. The van der Waals surface area contributed by atoms with Gasteiger partial charge in [-0.15, -0.1) is 0 Å². The average molecular weight is 945 g/mol. The first-order valence-corrected chi connectivity index (χ1v) is 26.6. The van der Waals surface area contributed by atoms with Crippen LogP contribution in [0.3, 0.4) is 0 Å². The van der Waals surface area contributed by atoms with Gasteiger partial charge in [-0.2, -0.15) is 0 Å². The van der Waals surface area contributed by atoms with E-state index in [0.29, 0.717) is 0 Å². The van der Waals surface area contributed by atoms with E-state index in [9.17, 15) is 0 Å². The first-order valence-electron chi connectivity index (χ1n) is 26.6. The highest BCUT2D eigenvalue weighted by molar-refractivity contribution is 6.23. The highest BCUT2D eigenvalue weighted by Gasteiger charge is 2.46. The van der Waals surface area contributed by atoms with E-state index in [2.05, 4.69) is 258 Å². The summed E-state index contributed by atoms with van der Waals surface area (Å²) < 4.78 is 0. The number of anilines is 6. The van der Waals surface area contributed by atoms with E-state index in [1.165, 1.54) is 156 Å². The zero-order valence-corrected chi connectivity index (χ0v) is 42.5. The fraction of sp³-hybridized carbons (Fsp3) is 0.139. The Morgan fingerprint density at radius 3 is 1.09 bits per heavy atom. The van der Waals surface area contributed by atoms with Crippen molar-refractivity contribution >= 4 is 55.7 Å². The molecule has 11 aromatic rings. The van der Waals surface area contributed by atoms with E-state index < -0.39 is 10.8 Å². The summed E-state index contributed by atoms with van der Waals surface area (Å²) >= 11 is 0. The largest absolute Gasteiger partial charge is 0.310 e. The molecule has 4 aliphatic heterocycles. The molecule has 2 aliphatic carbocycles. The normalized spacial score (nSPS) is 19.5. The molecule has 2 nitrogen and oxygen atoms in total. The number of hydrogen-bond donors (Lipinski definition) is 0. The molecule has 12 bridgehead atoms. The minimum absolute atomic E-state index is 0.212. The van der Waals surface area contributed by atoms with Crippen molar-refractivity contribution in [3.63, 3.8) is 0 Å². The summed E-state index contributed by atoms with van der Waals surface area (Å²) in [6.45, 7) is 14.6. The topological polar surface area (TPSA) is 6.48 Å². The van der Waals surface area contributed by atoms with Crippen molar-refractivity contribution in [2.24, 2.45) is 0 Å². The molecule has 0 aromatic heterocycles. The van der Waals surface area contributed by atoms with E-state index in [4.69, 9.17) is 0 Å². The van der Waals surface area contributed by atoms with Crippen LogP contribution in [0.4, 0.5) is 34.1 Å². The summed E-state index contributed by atoms with van der Waals surface area (Å²) in [5, 5.41) is 5.02. The molecule has 350 valence electrons. The van der Waals surface area contributed by atoms with E-state index in [1.54, 1.807) is 0 Å². The maximum atomic E-state index is 2.58. The lowest BCUT2D eigenvalue weighted by Crippen LogP contribution is -2.32. The predicted molar refractivity (Wildman–Crippen MR) is 308 cm³/mol. The van der Waals surface area contributed by atoms with Crippen LogP contribution in [0.1, 0.15) is 97.2 Å². The Morgan fingerprint density at radius 2 is 0.649 bits per heavy atom. The molecule has 11 aromatic carbocycles. The number of hydrogen-bond acceptors (Lipinski definition) is 2. The van der Waals surface area contributed by atoms with Gasteiger partial charge in [-0.1, -0.05) is 173 Å². The standard InChI is InChI=1S/C72H52N2/c1-69(2)57-19-11-13-21-63(57)73-45-27-31-51-53(39-45)67(41-23-29-49-47-15-7-9-17-55(47)71(5,61(49)35-41)43-25-33-59(69)65(73)37-43)52-32-28-46-40-54(52)68(51)42-24-30-50-48-16-8-10-18-56(48)72(6,62(50)36-42)44-26-34-60-66(38-44)74(46)64-22-14-12-20-58(64)70(60,3)4/h7-40H,1-6H3. The van der Waals surface area contributed by atoms with Crippen molar-refractivity contribution in [2.45, 2.75) is 63.2 Å². The Hall–Kier alpha value is -8.46. The smallest absolute Gasteiger partial charge is 0.0505 e. The van der Waals surface area contributed by atoms with Crippen LogP contribution in [0.15, 0.2) is 206 Å². The summed E-state index contributed by atoms with van der Waals surface area (Å²) in [4.78, 5) is 5.17. The molecule has 17 rings (SSSR count). The fourth-order valence-corrected chi connectivity index (χ4v) is 15.6. The first kappa shape index (κ1) is 41.1. The van der Waals surface area contributed by atoms with Crippen LogP contribution in [0, 0.1) is 0 Å². The number of para-hydroxylation sites is 2. The quantitative estimate of drug-likeness (QED) is 0.140. The van der Waals surface area contributed by atoms with Gasteiger partial charge in [0.2, 0.25) is 0 Å². The first-order chi connectivity index (χ1) is 36.0. The summed E-state index contributed by atoms with van der Waals surface area (Å²) in [7, 11) is 0. The van der Waals surface area contributed by atoms with Gasteiger partial charge in [-0.3, -0.25) is 0 Å². The summed E-state index contributed by atoms with van der Waals surface area (Å²) in [6.07, 6.45) is 0. The molecule has 74 heavy (non-hydrogen) atoms. The second-order valence-corrected chi connectivity index (χ2v) is 23.5. The molecule has 4 heterocycles. The molecule has 0 saturated heterocycles. The Morgan fingerprint density at radius 1 is 0.270 bits per heavy atom. The molecular weight excluding hydrogens is 893 g/mol. The minimum atomic E-state index is -0.400. The van der Waals surface area contributed by atoms with Crippen LogP contribution < -0.4 is 9.80 Å². The molecule has 0 amide bonds. The summed E-state index contributed by atoms with van der Waals surface area (Å²) in [5.74, 6) is 0. The van der Waals surface area contributed by atoms with E-state index in [1.807, 2.05) is 0 Å².